The Labute approximate surface area is 164 Å². The molecule has 0 saturated heterocycles. The van der Waals surface area contributed by atoms with Gasteiger partial charge in [-0.2, -0.15) is 0 Å². The van der Waals surface area contributed by atoms with Crippen LogP contribution in [0, 0.1) is 13.8 Å². The number of sulfonamides is 1. The van der Waals surface area contributed by atoms with Gasteiger partial charge in [0.25, 0.3) is 5.91 Å². The first-order valence-corrected chi connectivity index (χ1v) is 10.1. The Morgan fingerprint density at radius 3 is 2.39 bits per heavy atom. The van der Waals surface area contributed by atoms with Crippen molar-refractivity contribution in [3.63, 3.8) is 0 Å². The van der Waals surface area contributed by atoms with Gasteiger partial charge in [0.15, 0.2) is 0 Å². The molecule has 152 valence electrons. The van der Waals surface area contributed by atoms with Crippen LogP contribution in [0.15, 0.2) is 29.2 Å². The summed E-state index contributed by atoms with van der Waals surface area (Å²) in [5.74, 6) is -0.983. The molecule has 2 N–H and O–H groups in total. The number of hydrogen-bond donors (Lipinski definition) is 2. The summed E-state index contributed by atoms with van der Waals surface area (Å²) >= 11 is 0. The lowest BCUT2D eigenvalue weighted by Gasteiger charge is -2.12. The SMILES string of the molecule is Cc1[nH]c(C(=O)Nc2cccc(S(=O)(=O)N(C)C)c2)c(C)c1C(=O)OC(C)C. The van der Waals surface area contributed by atoms with Gasteiger partial charge in [0.05, 0.1) is 16.6 Å². The quantitative estimate of drug-likeness (QED) is 0.716. The van der Waals surface area contributed by atoms with Crippen molar-refractivity contribution in [3.05, 3.63) is 46.8 Å². The molecule has 1 amide bonds. The summed E-state index contributed by atoms with van der Waals surface area (Å²) in [6.07, 6.45) is -0.278. The molecular weight excluding hydrogens is 382 g/mol. The maximum Gasteiger partial charge on any atom is 0.340 e. The van der Waals surface area contributed by atoms with E-state index in [1.165, 1.54) is 26.2 Å². The van der Waals surface area contributed by atoms with Crippen LogP contribution in [0.25, 0.3) is 0 Å². The van der Waals surface area contributed by atoms with Crippen molar-refractivity contribution < 1.29 is 22.7 Å². The van der Waals surface area contributed by atoms with Gasteiger partial charge in [-0.05, 0) is 51.5 Å². The fourth-order valence-electron chi connectivity index (χ4n) is 2.69. The highest BCUT2D eigenvalue weighted by molar-refractivity contribution is 7.89. The van der Waals surface area contributed by atoms with Crippen LogP contribution < -0.4 is 5.32 Å². The normalized spacial score (nSPS) is 11.7. The molecule has 0 radical (unpaired) electrons. The monoisotopic (exact) mass is 407 g/mol. The maximum absolute atomic E-state index is 12.7. The van der Waals surface area contributed by atoms with Crippen molar-refractivity contribution >= 4 is 27.6 Å². The largest absolute Gasteiger partial charge is 0.459 e. The fraction of sp³-hybridized carbons (Fsp3) is 0.368. The highest BCUT2D eigenvalue weighted by atomic mass is 32.2. The Morgan fingerprint density at radius 2 is 1.82 bits per heavy atom. The molecule has 1 heterocycles. The van der Waals surface area contributed by atoms with Gasteiger partial charge in [-0.1, -0.05) is 6.07 Å². The maximum atomic E-state index is 12.7. The molecule has 0 fully saturated rings. The van der Waals surface area contributed by atoms with Gasteiger partial charge < -0.3 is 15.0 Å². The first-order valence-electron chi connectivity index (χ1n) is 8.69. The van der Waals surface area contributed by atoms with Crippen molar-refractivity contribution in [2.75, 3.05) is 19.4 Å². The third-order valence-corrected chi connectivity index (χ3v) is 5.89. The summed E-state index contributed by atoms with van der Waals surface area (Å²) in [7, 11) is -0.752. The zero-order valence-electron chi connectivity index (χ0n) is 16.8. The topological polar surface area (TPSA) is 109 Å². The highest BCUT2D eigenvalue weighted by Gasteiger charge is 2.24. The molecule has 2 aromatic rings. The minimum Gasteiger partial charge on any atom is -0.459 e. The average molecular weight is 407 g/mol. The molecule has 9 heteroatoms. The number of aromatic nitrogens is 1. The van der Waals surface area contributed by atoms with Crippen LogP contribution in [0.3, 0.4) is 0 Å². The van der Waals surface area contributed by atoms with Crippen LogP contribution in [-0.4, -0.2) is 49.8 Å². The number of amides is 1. The van der Waals surface area contributed by atoms with Crippen LogP contribution in [0.4, 0.5) is 5.69 Å². The standard InChI is InChI=1S/C19H25N3O5S/c1-11(2)27-19(24)16-12(3)17(20-13(16)4)18(23)21-14-8-7-9-15(10-14)28(25,26)22(5)6/h7-11,20H,1-6H3,(H,21,23). The molecule has 2 rings (SSSR count). The second-order valence-electron chi connectivity index (χ2n) is 6.85. The van der Waals surface area contributed by atoms with Gasteiger partial charge in [-0.15, -0.1) is 0 Å². The van der Waals surface area contributed by atoms with Crippen LogP contribution in [0.2, 0.25) is 0 Å². The third kappa shape index (κ3) is 4.42. The van der Waals surface area contributed by atoms with Gasteiger partial charge in [0, 0.05) is 25.5 Å². The number of anilines is 1. The summed E-state index contributed by atoms with van der Waals surface area (Å²) in [4.78, 5) is 27.9. The van der Waals surface area contributed by atoms with Gasteiger partial charge in [0.1, 0.15) is 5.69 Å². The molecule has 28 heavy (non-hydrogen) atoms. The summed E-state index contributed by atoms with van der Waals surface area (Å²) in [6.45, 7) is 6.84. The first kappa shape index (κ1) is 21.6. The zero-order chi connectivity index (χ0) is 21.2. The molecule has 0 saturated carbocycles. The van der Waals surface area contributed by atoms with Crippen molar-refractivity contribution in [3.8, 4) is 0 Å². The number of benzene rings is 1. The fourth-order valence-corrected chi connectivity index (χ4v) is 3.64. The number of aryl methyl sites for hydroxylation is 1. The molecular formula is C19H25N3O5S. The molecule has 0 aliphatic heterocycles. The lowest BCUT2D eigenvalue weighted by atomic mass is 10.1. The van der Waals surface area contributed by atoms with E-state index >= 15 is 0 Å². The number of hydrogen-bond acceptors (Lipinski definition) is 5. The molecule has 0 bridgehead atoms. The predicted octanol–water partition coefficient (Wildman–Crippen LogP) is 2.70. The first-order chi connectivity index (χ1) is 12.9. The second kappa shape index (κ2) is 8.15. The molecule has 8 nitrogen and oxygen atoms in total. The summed E-state index contributed by atoms with van der Waals surface area (Å²) in [5.41, 5.74) is 1.86. The van der Waals surface area contributed by atoms with Gasteiger partial charge >= 0.3 is 5.97 Å². The molecule has 0 unspecified atom stereocenters. The van der Waals surface area contributed by atoms with Crippen LogP contribution in [0.1, 0.15) is 46.0 Å². The average Bonchev–Trinajstić information content (AvgIpc) is 2.89. The second-order valence-corrected chi connectivity index (χ2v) is 9.00. The summed E-state index contributed by atoms with van der Waals surface area (Å²) < 4.78 is 30.8. The number of nitrogens with zero attached hydrogens (tertiary/aromatic N) is 1. The van der Waals surface area contributed by atoms with E-state index in [0.29, 0.717) is 22.5 Å². The number of ether oxygens (including phenoxy) is 1. The van der Waals surface area contributed by atoms with Crippen molar-refractivity contribution in [1.29, 1.82) is 0 Å². The van der Waals surface area contributed by atoms with E-state index in [9.17, 15) is 18.0 Å². The molecule has 0 aliphatic rings. The number of rotatable bonds is 6. The number of H-pyrrole nitrogens is 1. The number of carbonyl (C=O) groups excluding carboxylic acids is 2. The number of carbonyl (C=O) groups is 2. The molecule has 0 spiro atoms. The van der Waals surface area contributed by atoms with E-state index in [-0.39, 0.29) is 16.7 Å². The van der Waals surface area contributed by atoms with Crippen LogP contribution in [0.5, 0.6) is 0 Å². The molecule has 0 aliphatic carbocycles. The number of nitrogens with one attached hydrogen (secondary N) is 2. The van der Waals surface area contributed by atoms with E-state index in [2.05, 4.69) is 10.3 Å². The van der Waals surface area contributed by atoms with Gasteiger partial charge in [-0.25, -0.2) is 17.5 Å². The summed E-state index contributed by atoms with van der Waals surface area (Å²) in [5, 5.41) is 2.67. The Bertz CT molecular complexity index is 1010. The van der Waals surface area contributed by atoms with Crippen molar-refractivity contribution in [2.24, 2.45) is 0 Å². The van der Waals surface area contributed by atoms with E-state index < -0.39 is 21.9 Å². The van der Waals surface area contributed by atoms with Crippen molar-refractivity contribution in [1.82, 2.24) is 9.29 Å². The Balaban J connectivity index is 2.31. The minimum absolute atomic E-state index is 0.0656. The molecule has 0 atom stereocenters. The van der Waals surface area contributed by atoms with Crippen LogP contribution >= 0.6 is 0 Å². The lowest BCUT2D eigenvalue weighted by Crippen LogP contribution is -2.22. The Hall–Kier alpha value is -2.65. The van der Waals surface area contributed by atoms with E-state index in [0.717, 1.165) is 4.31 Å². The summed E-state index contributed by atoms with van der Waals surface area (Å²) in [6, 6.07) is 5.97. The van der Waals surface area contributed by atoms with Gasteiger partial charge in [0.2, 0.25) is 10.0 Å². The van der Waals surface area contributed by atoms with E-state index in [1.54, 1.807) is 39.8 Å². The van der Waals surface area contributed by atoms with Crippen LogP contribution in [-0.2, 0) is 14.8 Å². The predicted molar refractivity (Wildman–Crippen MR) is 106 cm³/mol. The molecule has 1 aromatic carbocycles. The van der Waals surface area contributed by atoms with E-state index in [1.807, 2.05) is 0 Å². The molecule has 1 aromatic heterocycles. The van der Waals surface area contributed by atoms with E-state index in [4.69, 9.17) is 4.74 Å². The van der Waals surface area contributed by atoms with Gasteiger partial charge in [-0.3, -0.25) is 4.79 Å². The third-order valence-electron chi connectivity index (χ3n) is 4.08. The highest BCUT2D eigenvalue weighted by Crippen LogP contribution is 2.22. The Morgan fingerprint density at radius 1 is 1.18 bits per heavy atom. The number of esters is 1. The smallest absolute Gasteiger partial charge is 0.340 e. The zero-order valence-corrected chi connectivity index (χ0v) is 17.6. The lowest BCUT2D eigenvalue weighted by molar-refractivity contribution is 0.0376. The minimum atomic E-state index is -3.62. The number of aromatic amines is 1. The Kier molecular flexibility index (Phi) is 6.30. The van der Waals surface area contributed by atoms with Crippen molar-refractivity contribution in [2.45, 2.75) is 38.7 Å².